The number of rotatable bonds is 4. The number of esters is 1. The lowest BCUT2D eigenvalue weighted by atomic mass is 10.0. The van der Waals surface area contributed by atoms with Crippen LogP contribution in [0.3, 0.4) is 0 Å². The van der Waals surface area contributed by atoms with Crippen molar-refractivity contribution in [3.8, 4) is 0 Å². The highest BCUT2D eigenvalue weighted by molar-refractivity contribution is 5.91. The zero-order valence-corrected chi connectivity index (χ0v) is 10.6. The van der Waals surface area contributed by atoms with Crippen molar-refractivity contribution < 1.29 is 9.53 Å². The quantitative estimate of drug-likeness (QED) is 0.581. The molecule has 2 nitrogen and oxygen atoms in total. The first-order chi connectivity index (χ1) is 8.08. The number of ether oxygens (including phenoxy) is 1. The van der Waals surface area contributed by atoms with E-state index >= 15 is 0 Å². The number of benzene rings is 1. The Morgan fingerprint density at radius 3 is 2.59 bits per heavy atom. The fourth-order valence-corrected chi connectivity index (χ4v) is 1.62. The Morgan fingerprint density at radius 1 is 1.35 bits per heavy atom. The molecule has 0 heterocycles. The van der Waals surface area contributed by atoms with Gasteiger partial charge in [-0.3, -0.25) is 0 Å². The average molecular weight is 230 g/mol. The van der Waals surface area contributed by atoms with Crippen LogP contribution in [0.4, 0.5) is 0 Å². The summed E-state index contributed by atoms with van der Waals surface area (Å²) < 4.78 is 5.00. The minimum absolute atomic E-state index is 0.274. The SMILES string of the molecule is C=CC=C(C)c1cc(C)cc(C(=O)OCC)c1. The molecule has 90 valence electrons. The van der Waals surface area contributed by atoms with Gasteiger partial charge in [-0.1, -0.05) is 24.8 Å². The second kappa shape index (κ2) is 6.04. The second-order valence-corrected chi connectivity index (χ2v) is 3.89. The van der Waals surface area contributed by atoms with Gasteiger partial charge in [0.2, 0.25) is 0 Å². The van der Waals surface area contributed by atoms with Gasteiger partial charge in [-0.2, -0.15) is 0 Å². The van der Waals surface area contributed by atoms with Crippen LogP contribution in [-0.2, 0) is 4.74 Å². The molecule has 1 aromatic carbocycles. The summed E-state index contributed by atoms with van der Waals surface area (Å²) in [5, 5.41) is 0. The van der Waals surface area contributed by atoms with E-state index in [4.69, 9.17) is 4.74 Å². The first kappa shape index (κ1) is 13.2. The van der Waals surface area contributed by atoms with Crippen LogP contribution in [0.1, 0.15) is 35.3 Å². The van der Waals surface area contributed by atoms with Gasteiger partial charge in [0.05, 0.1) is 12.2 Å². The third kappa shape index (κ3) is 3.59. The van der Waals surface area contributed by atoms with Crippen LogP contribution in [0.5, 0.6) is 0 Å². The lowest BCUT2D eigenvalue weighted by molar-refractivity contribution is 0.0526. The third-order valence-corrected chi connectivity index (χ3v) is 2.41. The van der Waals surface area contributed by atoms with Gasteiger partial charge >= 0.3 is 5.97 Å². The van der Waals surface area contributed by atoms with Crippen molar-refractivity contribution in [2.24, 2.45) is 0 Å². The summed E-state index contributed by atoms with van der Waals surface area (Å²) in [6.07, 6.45) is 3.66. The monoisotopic (exact) mass is 230 g/mol. The summed E-state index contributed by atoms with van der Waals surface area (Å²) in [5.74, 6) is -0.274. The molecule has 17 heavy (non-hydrogen) atoms. The van der Waals surface area contributed by atoms with Gasteiger partial charge in [0.25, 0.3) is 0 Å². The van der Waals surface area contributed by atoms with E-state index in [0.717, 1.165) is 16.7 Å². The lowest BCUT2D eigenvalue weighted by Crippen LogP contribution is -2.05. The smallest absolute Gasteiger partial charge is 0.338 e. The van der Waals surface area contributed by atoms with Crippen LogP contribution in [-0.4, -0.2) is 12.6 Å². The van der Waals surface area contributed by atoms with Gasteiger partial charge in [-0.25, -0.2) is 4.79 Å². The Hall–Kier alpha value is -1.83. The van der Waals surface area contributed by atoms with Crippen molar-refractivity contribution in [2.45, 2.75) is 20.8 Å². The van der Waals surface area contributed by atoms with Crippen molar-refractivity contribution in [2.75, 3.05) is 6.61 Å². The topological polar surface area (TPSA) is 26.3 Å². The molecule has 0 bridgehead atoms. The molecule has 0 radical (unpaired) electrons. The number of carbonyl (C=O) groups excluding carboxylic acids is 1. The van der Waals surface area contributed by atoms with E-state index in [1.807, 2.05) is 38.1 Å². The molecular weight excluding hydrogens is 212 g/mol. The maximum atomic E-state index is 11.7. The van der Waals surface area contributed by atoms with Crippen LogP contribution in [0.25, 0.3) is 5.57 Å². The predicted molar refractivity (Wildman–Crippen MR) is 71.0 cm³/mol. The zero-order valence-electron chi connectivity index (χ0n) is 10.6. The molecule has 0 aromatic heterocycles. The van der Waals surface area contributed by atoms with E-state index in [-0.39, 0.29) is 5.97 Å². The number of carbonyl (C=O) groups is 1. The number of hydrogen-bond donors (Lipinski definition) is 0. The molecule has 0 atom stereocenters. The van der Waals surface area contributed by atoms with Crippen LogP contribution >= 0.6 is 0 Å². The van der Waals surface area contributed by atoms with E-state index in [1.54, 1.807) is 13.0 Å². The minimum atomic E-state index is -0.274. The van der Waals surface area contributed by atoms with Gasteiger partial charge in [0, 0.05) is 0 Å². The maximum absolute atomic E-state index is 11.7. The van der Waals surface area contributed by atoms with E-state index in [2.05, 4.69) is 6.58 Å². The fourth-order valence-electron chi connectivity index (χ4n) is 1.62. The Kier molecular flexibility index (Phi) is 4.70. The predicted octanol–water partition coefficient (Wildman–Crippen LogP) is 3.76. The molecule has 0 saturated heterocycles. The molecule has 1 aromatic rings. The first-order valence-electron chi connectivity index (χ1n) is 5.67. The lowest BCUT2D eigenvalue weighted by Gasteiger charge is -2.07. The number of aryl methyl sites for hydroxylation is 1. The Balaban J connectivity index is 3.14. The standard InChI is InChI=1S/C15H18O2/c1-5-7-12(4)13-8-11(3)9-14(10-13)15(16)17-6-2/h5,7-10H,1,6H2,2-4H3. The van der Waals surface area contributed by atoms with Crippen LogP contribution < -0.4 is 0 Å². The highest BCUT2D eigenvalue weighted by Crippen LogP contribution is 2.18. The first-order valence-corrected chi connectivity index (χ1v) is 5.67. The van der Waals surface area contributed by atoms with Gasteiger partial charge in [-0.05, 0) is 49.6 Å². The third-order valence-electron chi connectivity index (χ3n) is 2.41. The molecular formula is C15H18O2. The van der Waals surface area contributed by atoms with Crippen molar-refractivity contribution in [3.05, 3.63) is 53.6 Å². The van der Waals surface area contributed by atoms with Crippen LogP contribution in [0, 0.1) is 6.92 Å². The van der Waals surface area contributed by atoms with E-state index < -0.39 is 0 Å². The summed E-state index contributed by atoms with van der Waals surface area (Å²) in [5.41, 5.74) is 3.74. The minimum Gasteiger partial charge on any atom is -0.462 e. The van der Waals surface area contributed by atoms with Crippen LogP contribution in [0.2, 0.25) is 0 Å². The van der Waals surface area contributed by atoms with Crippen molar-refractivity contribution in [1.82, 2.24) is 0 Å². The second-order valence-electron chi connectivity index (χ2n) is 3.89. The van der Waals surface area contributed by atoms with Gasteiger partial charge in [-0.15, -0.1) is 0 Å². The summed E-state index contributed by atoms with van der Waals surface area (Å²) in [7, 11) is 0. The molecule has 0 amide bonds. The summed E-state index contributed by atoms with van der Waals surface area (Å²) in [4.78, 5) is 11.7. The van der Waals surface area contributed by atoms with Crippen molar-refractivity contribution >= 4 is 11.5 Å². The van der Waals surface area contributed by atoms with Crippen molar-refractivity contribution in [1.29, 1.82) is 0 Å². The van der Waals surface area contributed by atoms with E-state index in [0.29, 0.717) is 12.2 Å². The van der Waals surface area contributed by atoms with Gasteiger partial charge in [0.15, 0.2) is 0 Å². The molecule has 2 heteroatoms. The summed E-state index contributed by atoms with van der Waals surface area (Å²) >= 11 is 0. The molecule has 0 aliphatic rings. The Bertz CT molecular complexity index is 456. The Morgan fingerprint density at radius 2 is 2.00 bits per heavy atom. The molecule has 1 rings (SSSR count). The summed E-state index contributed by atoms with van der Waals surface area (Å²) in [6.45, 7) is 9.82. The molecule has 0 fully saturated rings. The van der Waals surface area contributed by atoms with Gasteiger partial charge in [0.1, 0.15) is 0 Å². The van der Waals surface area contributed by atoms with Gasteiger partial charge < -0.3 is 4.74 Å². The van der Waals surface area contributed by atoms with Crippen molar-refractivity contribution in [3.63, 3.8) is 0 Å². The normalized spacial score (nSPS) is 11.1. The number of hydrogen-bond acceptors (Lipinski definition) is 2. The molecule has 0 aliphatic heterocycles. The fraction of sp³-hybridized carbons (Fsp3) is 0.267. The highest BCUT2D eigenvalue weighted by atomic mass is 16.5. The molecule has 0 spiro atoms. The zero-order chi connectivity index (χ0) is 12.8. The average Bonchev–Trinajstić information content (AvgIpc) is 2.29. The number of allylic oxidation sites excluding steroid dienone is 3. The Labute approximate surface area is 103 Å². The molecule has 0 N–H and O–H groups in total. The summed E-state index contributed by atoms with van der Waals surface area (Å²) in [6, 6.07) is 5.72. The highest BCUT2D eigenvalue weighted by Gasteiger charge is 2.08. The largest absolute Gasteiger partial charge is 0.462 e. The molecule has 0 aliphatic carbocycles. The maximum Gasteiger partial charge on any atom is 0.338 e. The van der Waals surface area contributed by atoms with Crippen LogP contribution in [0.15, 0.2) is 36.9 Å². The van der Waals surface area contributed by atoms with E-state index in [1.165, 1.54) is 0 Å². The van der Waals surface area contributed by atoms with E-state index in [9.17, 15) is 4.79 Å². The molecule has 0 saturated carbocycles. The molecule has 0 unspecified atom stereocenters.